The maximum atomic E-state index is 11.1. The van der Waals surface area contributed by atoms with Gasteiger partial charge in [0.2, 0.25) is 0 Å². The average molecular weight is 508 g/mol. The van der Waals surface area contributed by atoms with Gasteiger partial charge in [0.05, 0.1) is 0 Å². The molecule has 3 aliphatic rings. The van der Waals surface area contributed by atoms with Crippen LogP contribution in [0, 0.1) is 5.92 Å². The summed E-state index contributed by atoms with van der Waals surface area (Å²) in [6.45, 7) is 15.1. The summed E-state index contributed by atoms with van der Waals surface area (Å²) in [5, 5.41) is 22.0. The molecule has 1 heterocycles. The molecule has 2 aliphatic carbocycles. The molecule has 5 heteroatoms. The van der Waals surface area contributed by atoms with Crippen molar-refractivity contribution in [2.24, 2.45) is 5.92 Å². The summed E-state index contributed by atoms with van der Waals surface area (Å²) in [4.78, 5) is 0. The average Bonchev–Trinajstić information content (AvgIpc) is 3.15. The fraction of sp³-hybridized carbons (Fsp3) is 0.517. The van der Waals surface area contributed by atoms with Crippen LogP contribution in [0.5, 0.6) is 5.75 Å². The molecule has 185 valence electrons. The zero-order valence-electron chi connectivity index (χ0n) is 21.3. The molecule has 2 N–H and O–H groups in total. The van der Waals surface area contributed by atoms with E-state index in [1.807, 2.05) is 24.3 Å². The molecular weight excluding hydrogens is 467 g/mol. The number of fused-ring (bicyclic) bond motifs is 1. The van der Waals surface area contributed by atoms with Crippen molar-refractivity contribution in [1.82, 2.24) is 0 Å². The minimum atomic E-state index is -0.117. The molecule has 1 saturated heterocycles. The van der Waals surface area contributed by atoms with E-state index in [4.69, 9.17) is 0 Å². The van der Waals surface area contributed by atoms with Crippen LogP contribution in [-0.2, 0) is 20.5 Å². The van der Waals surface area contributed by atoms with Gasteiger partial charge >= 0.3 is 212 Å². The number of aromatic hydroxyl groups is 1. The first-order chi connectivity index (χ1) is 16.1. The van der Waals surface area contributed by atoms with E-state index >= 15 is 0 Å². The van der Waals surface area contributed by atoms with Crippen LogP contribution in [-0.4, -0.2) is 41.5 Å². The molecule has 0 spiro atoms. The number of hydrogen-bond donors (Lipinski definition) is 2. The van der Waals surface area contributed by atoms with Crippen molar-refractivity contribution in [3.63, 3.8) is 0 Å². The van der Waals surface area contributed by atoms with E-state index in [2.05, 4.69) is 54.7 Å². The zero-order chi connectivity index (χ0) is 24.6. The van der Waals surface area contributed by atoms with Gasteiger partial charge in [-0.15, -0.1) is 0 Å². The quantitative estimate of drug-likeness (QED) is 0.511. The molecule has 1 unspecified atom stereocenters. The number of aliphatic hydroxyl groups excluding tert-OH is 1. The summed E-state index contributed by atoms with van der Waals surface area (Å²) < 4.78 is 4.95. The van der Waals surface area contributed by atoms with Gasteiger partial charge in [-0.25, -0.2) is 0 Å². The van der Waals surface area contributed by atoms with Gasteiger partial charge in [-0.3, -0.25) is 0 Å². The van der Waals surface area contributed by atoms with Gasteiger partial charge in [0, 0.05) is 0 Å². The predicted octanol–water partition coefficient (Wildman–Crippen LogP) is 6.19. The molecule has 2 fully saturated rings. The molecule has 34 heavy (non-hydrogen) atoms. The van der Waals surface area contributed by atoms with Crippen molar-refractivity contribution in [1.29, 1.82) is 0 Å². The van der Waals surface area contributed by atoms with Crippen molar-refractivity contribution in [3.05, 3.63) is 65.0 Å². The molecule has 1 aromatic rings. The Balaban J connectivity index is 1.84. The number of allylic oxidation sites excluding steroid dienone is 4. The second kappa shape index (κ2) is 9.86. The molecular formula is C29H40CoN2O2+2. The summed E-state index contributed by atoms with van der Waals surface area (Å²) >= 11 is 1.14. The summed E-state index contributed by atoms with van der Waals surface area (Å²) in [5.74, 6) is 1.10. The van der Waals surface area contributed by atoms with Crippen LogP contribution in [0.4, 0.5) is 0 Å². The number of hydrogen-bond acceptors (Lipinski definition) is 2. The van der Waals surface area contributed by atoms with E-state index in [0.29, 0.717) is 35.9 Å². The van der Waals surface area contributed by atoms with Crippen molar-refractivity contribution in [3.8, 4) is 5.75 Å². The summed E-state index contributed by atoms with van der Waals surface area (Å²) in [6, 6.07) is 6.90. The Labute approximate surface area is 211 Å². The third kappa shape index (κ3) is 4.83. The van der Waals surface area contributed by atoms with Crippen LogP contribution in [0.25, 0.3) is 0 Å². The third-order valence-electron chi connectivity index (χ3n) is 7.35. The van der Waals surface area contributed by atoms with E-state index in [0.717, 1.165) is 56.7 Å². The molecule has 1 aliphatic heterocycles. The van der Waals surface area contributed by atoms with Crippen LogP contribution >= 0.6 is 0 Å². The first-order valence-electron chi connectivity index (χ1n) is 12.6. The van der Waals surface area contributed by atoms with Crippen molar-refractivity contribution in [2.45, 2.75) is 90.6 Å². The van der Waals surface area contributed by atoms with Crippen molar-refractivity contribution >= 4 is 11.9 Å². The molecule has 0 aromatic heterocycles. The Bertz CT molecular complexity index is 1100. The van der Waals surface area contributed by atoms with E-state index in [1.165, 1.54) is 18.6 Å². The molecule has 3 atom stereocenters. The Hall–Kier alpha value is -2.11. The molecule has 4 rings (SSSR count). The van der Waals surface area contributed by atoms with Crippen molar-refractivity contribution < 1.29 is 32.6 Å². The van der Waals surface area contributed by atoms with Gasteiger partial charge in [-0.1, -0.05) is 0 Å². The molecule has 0 amide bonds. The number of nitrogens with zero attached hydrogens (tertiary/aromatic N) is 2. The van der Waals surface area contributed by atoms with Gasteiger partial charge in [-0.05, 0) is 0 Å². The Morgan fingerprint density at radius 2 is 1.88 bits per heavy atom. The topological polar surface area (TPSA) is 46.5 Å². The van der Waals surface area contributed by atoms with E-state index in [1.54, 1.807) is 6.08 Å². The third-order valence-corrected chi connectivity index (χ3v) is 8.89. The van der Waals surface area contributed by atoms with Crippen molar-refractivity contribution in [2.75, 3.05) is 0 Å². The summed E-state index contributed by atoms with van der Waals surface area (Å²) in [6.07, 6.45) is 12.4. The maximum absolute atomic E-state index is 11.1. The van der Waals surface area contributed by atoms with Crippen LogP contribution in [0.1, 0.15) is 84.3 Å². The summed E-state index contributed by atoms with van der Waals surface area (Å²) in [5.41, 5.74) is 5.06. The van der Waals surface area contributed by atoms with Crippen LogP contribution in [0.3, 0.4) is 0 Å². The first kappa shape index (κ1) is 25.0. The Morgan fingerprint density at radius 1 is 1.18 bits per heavy atom. The number of rotatable bonds is 4. The van der Waals surface area contributed by atoms with Gasteiger partial charge in [0.1, 0.15) is 0 Å². The Kier molecular flexibility index (Phi) is 7.25. The molecule has 1 saturated carbocycles. The number of para-hydroxylation sites is 1. The number of phenols is 1. The second-order valence-electron chi connectivity index (χ2n) is 10.9. The fourth-order valence-corrected chi connectivity index (χ4v) is 7.12. The van der Waals surface area contributed by atoms with Crippen LogP contribution in [0.2, 0.25) is 0 Å². The Morgan fingerprint density at radius 3 is 2.56 bits per heavy atom. The molecule has 0 bridgehead atoms. The predicted molar refractivity (Wildman–Crippen MR) is 136 cm³/mol. The number of phenolic OH excluding ortho intramolecular Hbond substituents is 1. The second-order valence-corrected chi connectivity index (χ2v) is 12.2. The van der Waals surface area contributed by atoms with Gasteiger partial charge in [0.25, 0.3) is 0 Å². The van der Waals surface area contributed by atoms with Gasteiger partial charge < -0.3 is 0 Å². The van der Waals surface area contributed by atoms with Gasteiger partial charge in [0.15, 0.2) is 0 Å². The van der Waals surface area contributed by atoms with Crippen LogP contribution < -0.4 is 0 Å². The fourth-order valence-electron chi connectivity index (χ4n) is 5.24. The van der Waals surface area contributed by atoms with E-state index in [-0.39, 0.29) is 5.41 Å². The summed E-state index contributed by atoms with van der Waals surface area (Å²) in [7, 11) is 0. The number of aliphatic hydroxyl groups is 1. The molecule has 1 aromatic carbocycles. The van der Waals surface area contributed by atoms with E-state index in [9.17, 15) is 10.2 Å². The molecule has 4 nitrogen and oxygen atoms in total. The van der Waals surface area contributed by atoms with Gasteiger partial charge in [-0.2, -0.15) is 0 Å². The SMILES string of the molecule is C=C1C=CC(O)=C(C(C(C)CC)=[N+]2[Co][N+](=Cc3cccc(C(C)(C)C)c3O)[C@H]3CCCC[C@@H]32)C1. The molecule has 0 radical (unpaired) electrons. The monoisotopic (exact) mass is 507 g/mol. The minimum absolute atomic E-state index is 0.117. The van der Waals surface area contributed by atoms with E-state index < -0.39 is 0 Å². The standard InChI is InChI=1S/C29H40N2O2.Co/c1-7-20(3)27(22-17-19(2)15-16-26(22)32)31-25-14-9-8-13-24(25)30-18-21-11-10-12-23(28(21)33)29(4,5)6;/h10-12,15-16,18,20,24-25,32-33H,2,7-9,13-14,17H2,1,3-6H3;/q;+2/t20?,24-,25-;/m0./s1. The normalized spacial score (nSPS) is 27.0. The van der Waals surface area contributed by atoms with Crippen LogP contribution in [0.15, 0.2) is 53.8 Å². The number of benzene rings is 1. The zero-order valence-corrected chi connectivity index (χ0v) is 22.3. The first-order valence-corrected chi connectivity index (χ1v) is 13.6.